The van der Waals surface area contributed by atoms with E-state index in [4.69, 9.17) is 11.6 Å². The van der Waals surface area contributed by atoms with E-state index in [1.807, 2.05) is 6.07 Å². The van der Waals surface area contributed by atoms with Crippen LogP contribution in [-0.2, 0) is 14.8 Å². The maximum atomic E-state index is 13.1. The number of nitrogens with zero attached hydrogens (tertiary/aromatic N) is 1. The number of nitrogens with one attached hydrogen (secondary N) is 2. The predicted molar refractivity (Wildman–Crippen MR) is 100 cm³/mol. The summed E-state index contributed by atoms with van der Waals surface area (Å²) in [6.45, 7) is 1.34. The summed E-state index contributed by atoms with van der Waals surface area (Å²) < 4.78 is 32.2. The number of carbonyl (C=O) groups is 1. The third-order valence-corrected chi connectivity index (χ3v) is 6.22. The van der Waals surface area contributed by atoms with Gasteiger partial charge in [0, 0.05) is 30.9 Å². The molecule has 0 aliphatic carbocycles. The Kier molecular flexibility index (Phi) is 6.70. The molecule has 2 aromatic rings. The topological polar surface area (TPSA) is 91.5 Å². The number of rotatable bonds is 4. The van der Waals surface area contributed by atoms with E-state index < -0.39 is 16.0 Å². The standard InChI is InChI=1S/C16H18ClN3O4S.ClH/c1-24-16(21)14-8-13(9-19-14)25(22,23)20-6-5-18-10-15(20)11-3-2-4-12(17)7-11;/h2-4,7-9,15,18-19H,5-6,10H2,1H3;1H. The number of piperazine rings is 1. The highest BCUT2D eigenvalue weighted by Gasteiger charge is 2.35. The summed E-state index contributed by atoms with van der Waals surface area (Å²) in [5.74, 6) is -0.617. The van der Waals surface area contributed by atoms with E-state index in [1.165, 1.54) is 23.7 Å². The van der Waals surface area contributed by atoms with Crippen LogP contribution in [-0.4, -0.2) is 50.4 Å². The van der Waals surface area contributed by atoms with Crippen molar-refractivity contribution in [1.29, 1.82) is 0 Å². The van der Waals surface area contributed by atoms with Crippen molar-refractivity contribution in [2.24, 2.45) is 0 Å². The predicted octanol–water partition coefficient (Wildman–Crippen LogP) is 2.21. The van der Waals surface area contributed by atoms with Crippen LogP contribution in [0.3, 0.4) is 0 Å². The van der Waals surface area contributed by atoms with Gasteiger partial charge >= 0.3 is 5.97 Å². The lowest BCUT2D eigenvalue weighted by Crippen LogP contribution is -2.48. The summed E-state index contributed by atoms with van der Waals surface area (Å²) >= 11 is 6.05. The maximum absolute atomic E-state index is 13.1. The number of carbonyl (C=O) groups excluding carboxylic acids is 1. The van der Waals surface area contributed by atoms with Crippen LogP contribution in [0.5, 0.6) is 0 Å². The Morgan fingerprint density at radius 1 is 1.35 bits per heavy atom. The maximum Gasteiger partial charge on any atom is 0.354 e. The molecule has 1 saturated heterocycles. The molecular weight excluding hydrogens is 401 g/mol. The number of aromatic nitrogens is 1. The molecule has 2 N–H and O–H groups in total. The first kappa shape index (κ1) is 20.7. The first-order valence-electron chi connectivity index (χ1n) is 7.68. The number of aromatic amines is 1. The van der Waals surface area contributed by atoms with Crippen molar-refractivity contribution in [3.8, 4) is 0 Å². The molecule has 1 aliphatic rings. The van der Waals surface area contributed by atoms with Gasteiger partial charge in [-0.05, 0) is 23.8 Å². The van der Waals surface area contributed by atoms with E-state index in [-0.39, 0.29) is 29.0 Å². The molecule has 10 heteroatoms. The third kappa shape index (κ3) is 4.05. The minimum atomic E-state index is -3.78. The molecule has 7 nitrogen and oxygen atoms in total. The Bertz CT molecular complexity index is 885. The Morgan fingerprint density at radius 3 is 2.81 bits per heavy atom. The van der Waals surface area contributed by atoms with Crippen molar-refractivity contribution in [1.82, 2.24) is 14.6 Å². The molecule has 3 rings (SSSR count). The van der Waals surface area contributed by atoms with Crippen molar-refractivity contribution in [3.63, 3.8) is 0 Å². The smallest absolute Gasteiger partial charge is 0.354 e. The number of H-pyrrole nitrogens is 1. The zero-order valence-corrected chi connectivity index (χ0v) is 16.3. The highest BCUT2D eigenvalue weighted by Crippen LogP contribution is 2.30. The fraction of sp³-hybridized carbons (Fsp3) is 0.312. The highest BCUT2D eigenvalue weighted by molar-refractivity contribution is 7.89. The molecule has 0 saturated carbocycles. The molecule has 0 radical (unpaired) electrons. The SMILES string of the molecule is COC(=O)c1cc(S(=O)(=O)N2CCNCC2c2cccc(Cl)c2)c[nH]1.Cl. The number of ether oxygens (including phenoxy) is 1. The van der Waals surface area contributed by atoms with Gasteiger partial charge in [0.05, 0.1) is 13.2 Å². The van der Waals surface area contributed by atoms with E-state index in [0.717, 1.165) is 5.56 Å². The average molecular weight is 420 g/mol. The minimum absolute atomic E-state index is 0. The van der Waals surface area contributed by atoms with Crippen LogP contribution in [0.15, 0.2) is 41.4 Å². The minimum Gasteiger partial charge on any atom is -0.464 e. The Hall–Kier alpha value is -1.58. The zero-order chi connectivity index (χ0) is 18.0. The molecule has 1 aromatic heterocycles. The van der Waals surface area contributed by atoms with E-state index >= 15 is 0 Å². The van der Waals surface area contributed by atoms with Crippen LogP contribution >= 0.6 is 24.0 Å². The molecular formula is C16H19Cl2N3O4S. The number of sulfonamides is 1. The quantitative estimate of drug-likeness (QED) is 0.741. The van der Waals surface area contributed by atoms with Gasteiger partial charge in [-0.3, -0.25) is 0 Å². The van der Waals surface area contributed by atoms with Gasteiger partial charge in [-0.2, -0.15) is 4.31 Å². The van der Waals surface area contributed by atoms with E-state index in [0.29, 0.717) is 24.7 Å². The molecule has 0 spiro atoms. The first-order chi connectivity index (χ1) is 11.9. The molecule has 26 heavy (non-hydrogen) atoms. The first-order valence-corrected chi connectivity index (χ1v) is 9.50. The highest BCUT2D eigenvalue weighted by atomic mass is 35.5. The lowest BCUT2D eigenvalue weighted by Gasteiger charge is -2.35. The van der Waals surface area contributed by atoms with E-state index in [2.05, 4.69) is 15.0 Å². The number of halogens is 2. The summed E-state index contributed by atoms with van der Waals surface area (Å²) in [4.78, 5) is 14.2. The van der Waals surface area contributed by atoms with Gasteiger partial charge in [-0.1, -0.05) is 23.7 Å². The molecule has 1 aliphatic heterocycles. The zero-order valence-electron chi connectivity index (χ0n) is 13.9. The largest absolute Gasteiger partial charge is 0.464 e. The number of esters is 1. The fourth-order valence-electron chi connectivity index (χ4n) is 2.86. The van der Waals surface area contributed by atoms with Crippen molar-refractivity contribution < 1.29 is 17.9 Å². The number of benzene rings is 1. The van der Waals surface area contributed by atoms with Crippen LogP contribution < -0.4 is 5.32 Å². The third-order valence-electron chi connectivity index (χ3n) is 4.10. The molecule has 0 amide bonds. The van der Waals surface area contributed by atoms with Crippen molar-refractivity contribution in [3.05, 3.63) is 52.8 Å². The molecule has 0 bridgehead atoms. The number of methoxy groups -OCH3 is 1. The lowest BCUT2D eigenvalue weighted by molar-refractivity contribution is 0.0594. The number of hydrogen-bond acceptors (Lipinski definition) is 5. The normalized spacial score (nSPS) is 18.2. The molecule has 1 fully saturated rings. The Morgan fingerprint density at radius 2 is 2.12 bits per heavy atom. The van der Waals surface area contributed by atoms with Gasteiger partial charge in [0.1, 0.15) is 10.6 Å². The van der Waals surface area contributed by atoms with Crippen LogP contribution in [0.25, 0.3) is 0 Å². The van der Waals surface area contributed by atoms with Gasteiger partial charge in [0.15, 0.2) is 0 Å². The summed E-state index contributed by atoms with van der Waals surface area (Å²) in [7, 11) is -2.54. The van der Waals surface area contributed by atoms with Crippen LogP contribution in [0.2, 0.25) is 5.02 Å². The van der Waals surface area contributed by atoms with Gasteiger partial charge < -0.3 is 15.0 Å². The number of hydrogen-bond donors (Lipinski definition) is 2. The summed E-state index contributed by atoms with van der Waals surface area (Å²) in [6, 6.07) is 8.06. The van der Waals surface area contributed by atoms with Crippen LogP contribution in [0, 0.1) is 0 Å². The van der Waals surface area contributed by atoms with Crippen molar-refractivity contribution in [2.45, 2.75) is 10.9 Å². The second-order valence-corrected chi connectivity index (χ2v) is 7.96. The van der Waals surface area contributed by atoms with Crippen molar-refractivity contribution in [2.75, 3.05) is 26.7 Å². The Labute approximate surface area is 163 Å². The van der Waals surface area contributed by atoms with Gasteiger partial charge in [0.2, 0.25) is 10.0 Å². The lowest BCUT2D eigenvalue weighted by atomic mass is 10.1. The molecule has 142 valence electrons. The summed E-state index contributed by atoms with van der Waals surface area (Å²) in [5, 5.41) is 3.76. The van der Waals surface area contributed by atoms with Crippen LogP contribution in [0.4, 0.5) is 0 Å². The molecule has 1 aromatic carbocycles. The molecule has 2 heterocycles. The van der Waals surface area contributed by atoms with Gasteiger partial charge in [-0.15, -0.1) is 12.4 Å². The Balaban J connectivity index is 0.00000243. The summed E-state index contributed by atoms with van der Waals surface area (Å²) in [6.07, 6.45) is 1.30. The summed E-state index contributed by atoms with van der Waals surface area (Å²) in [5.41, 5.74) is 0.905. The van der Waals surface area contributed by atoms with Crippen LogP contribution in [0.1, 0.15) is 22.1 Å². The monoisotopic (exact) mass is 419 g/mol. The van der Waals surface area contributed by atoms with E-state index in [9.17, 15) is 13.2 Å². The second-order valence-electron chi connectivity index (χ2n) is 5.63. The fourth-order valence-corrected chi connectivity index (χ4v) is 4.67. The van der Waals surface area contributed by atoms with Gasteiger partial charge in [-0.25, -0.2) is 13.2 Å². The molecule has 1 atom stereocenters. The van der Waals surface area contributed by atoms with Gasteiger partial charge in [0.25, 0.3) is 0 Å². The molecule has 1 unspecified atom stereocenters. The van der Waals surface area contributed by atoms with E-state index in [1.54, 1.807) is 18.2 Å². The second kappa shape index (κ2) is 8.41. The average Bonchev–Trinajstić information content (AvgIpc) is 3.12. The van der Waals surface area contributed by atoms with Crippen molar-refractivity contribution >= 4 is 40.0 Å².